The highest BCUT2D eigenvalue weighted by molar-refractivity contribution is 7.09. The van der Waals surface area contributed by atoms with Gasteiger partial charge in [0.2, 0.25) is 0 Å². The van der Waals surface area contributed by atoms with Crippen molar-refractivity contribution in [3.05, 3.63) is 51.7 Å². The molecule has 2 rings (SSSR count). The lowest BCUT2D eigenvalue weighted by molar-refractivity contribution is -0.147. The number of para-hydroxylation sites is 1. The molecule has 0 aliphatic heterocycles. The molecule has 0 aliphatic rings. The Morgan fingerprint density at radius 3 is 2.71 bits per heavy atom. The number of hydrogen-bond acceptors (Lipinski definition) is 4. The lowest BCUT2D eigenvalue weighted by atomic mass is 10.3. The molecular weight excluding hydrogens is 310 g/mol. The summed E-state index contributed by atoms with van der Waals surface area (Å²) in [6, 6.07) is 10.8. The van der Waals surface area contributed by atoms with Crippen molar-refractivity contribution in [2.75, 3.05) is 11.9 Å². The van der Waals surface area contributed by atoms with Gasteiger partial charge in [-0.2, -0.15) is 0 Å². The standard InChI is InChI=1S/C15H14ClNO3S/c16-12-5-1-2-6-13(12)17-14(18)10-20-15(19)8-7-11-4-3-9-21-11/h1-6,9H,7-8,10H2,(H,17,18). The summed E-state index contributed by atoms with van der Waals surface area (Å²) >= 11 is 7.51. The molecule has 0 saturated heterocycles. The minimum absolute atomic E-state index is 0.264. The fourth-order valence-electron chi connectivity index (χ4n) is 1.65. The van der Waals surface area contributed by atoms with E-state index in [9.17, 15) is 9.59 Å². The molecule has 1 aromatic carbocycles. The van der Waals surface area contributed by atoms with Crippen LogP contribution in [0.2, 0.25) is 5.02 Å². The molecular formula is C15H14ClNO3S. The van der Waals surface area contributed by atoms with Crippen LogP contribution in [0, 0.1) is 0 Å². The van der Waals surface area contributed by atoms with Crippen molar-refractivity contribution in [2.45, 2.75) is 12.8 Å². The Morgan fingerprint density at radius 1 is 1.19 bits per heavy atom. The quantitative estimate of drug-likeness (QED) is 0.828. The van der Waals surface area contributed by atoms with Crippen molar-refractivity contribution in [2.24, 2.45) is 0 Å². The summed E-state index contributed by atoms with van der Waals surface area (Å²) in [5, 5.41) is 4.98. The summed E-state index contributed by atoms with van der Waals surface area (Å²) in [5.74, 6) is -0.801. The number of esters is 1. The van der Waals surface area contributed by atoms with Crippen molar-refractivity contribution < 1.29 is 14.3 Å². The first-order valence-electron chi connectivity index (χ1n) is 6.37. The zero-order chi connectivity index (χ0) is 15.1. The molecule has 21 heavy (non-hydrogen) atoms. The van der Waals surface area contributed by atoms with Crippen molar-refractivity contribution in [1.29, 1.82) is 0 Å². The molecule has 1 N–H and O–H groups in total. The number of aryl methyl sites for hydroxylation is 1. The van der Waals surface area contributed by atoms with Crippen molar-refractivity contribution >= 4 is 40.5 Å². The number of ether oxygens (including phenoxy) is 1. The van der Waals surface area contributed by atoms with Crippen LogP contribution in [0.3, 0.4) is 0 Å². The van der Waals surface area contributed by atoms with Gasteiger partial charge in [-0.05, 0) is 30.0 Å². The number of nitrogens with one attached hydrogen (secondary N) is 1. The maximum atomic E-state index is 11.7. The monoisotopic (exact) mass is 323 g/mol. The first-order chi connectivity index (χ1) is 10.1. The maximum Gasteiger partial charge on any atom is 0.306 e. The van der Waals surface area contributed by atoms with Crippen LogP contribution in [0.25, 0.3) is 0 Å². The van der Waals surface area contributed by atoms with Gasteiger partial charge < -0.3 is 10.1 Å². The van der Waals surface area contributed by atoms with Crippen molar-refractivity contribution in [3.63, 3.8) is 0 Å². The highest BCUT2D eigenvalue weighted by atomic mass is 35.5. The average molecular weight is 324 g/mol. The van der Waals surface area contributed by atoms with Gasteiger partial charge in [0.05, 0.1) is 17.1 Å². The molecule has 0 radical (unpaired) electrons. The molecule has 110 valence electrons. The highest BCUT2D eigenvalue weighted by Crippen LogP contribution is 2.20. The first kappa shape index (κ1) is 15.5. The Balaban J connectivity index is 1.71. The van der Waals surface area contributed by atoms with E-state index in [1.54, 1.807) is 35.6 Å². The molecule has 4 nitrogen and oxygen atoms in total. The summed E-state index contributed by atoms with van der Waals surface area (Å²) in [5.41, 5.74) is 0.499. The minimum atomic E-state index is -0.410. The summed E-state index contributed by atoms with van der Waals surface area (Å²) < 4.78 is 4.92. The van der Waals surface area contributed by atoms with E-state index in [0.717, 1.165) is 4.88 Å². The second-order valence-electron chi connectivity index (χ2n) is 4.27. The number of carbonyl (C=O) groups is 2. The Bertz CT molecular complexity index is 613. The van der Waals surface area contributed by atoms with Crippen LogP contribution < -0.4 is 5.32 Å². The molecule has 0 aliphatic carbocycles. The molecule has 1 amide bonds. The highest BCUT2D eigenvalue weighted by Gasteiger charge is 2.09. The zero-order valence-electron chi connectivity index (χ0n) is 11.2. The van der Waals surface area contributed by atoms with Gasteiger partial charge in [0.25, 0.3) is 5.91 Å². The van der Waals surface area contributed by atoms with E-state index < -0.39 is 11.9 Å². The van der Waals surface area contributed by atoms with Crippen LogP contribution in [0.4, 0.5) is 5.69 Å². The van der Waals surface area contributed by atoms with Crippen LogP contribution in [0.15, 0.2) is 41.8 Å². The molecule has 0 fully saturated rings. The number of carbonyl (C=O) groups excluding carboxylic acids is 2. The Labute approximate surface area is 131 Å². The lowest BCUT2D eigenvalue weighted by Crippen LogP contribution is -2.21. The Kier molecular flexibility index (Phi) is 5.78. The number of hydrogen-bond donors (Lipinski definition) is 1. The molecule has 0 unspecified atom stereocenters. The van der Waals surface area contributed by atoms with E-state index >= 15 is 0 Å². The van der Waals surface area contributed by atoms with Crippen LogP contribution in [-0.4, -0.2) is 18.5 Å². The van der Waals surface area contributed by atoms with Crippen LogP contribution in [0.1, 0.15) is 11.3 Å². The van der Waals surface area contributed by atoms with Crippen LogP contribution >= 0.6 is 22.9 Å². The summed E-state index contributed by atoms with van der Waals surface area (Å²) in [6.45, 7) is -0.311. The van der Waals surface area contributed by atoms with E-state index in [1.807, 2.05) is 17.5 Å². The zero-order valence-corrected chi connectivity index (χ0v) is 12.7. The molecule has 1 aromatic heterocycles. The maximum absolute atomic E-state index is 11.7. The Hall–Kier alpha value is -1.85. The molecule has 0 bridgehead atoms. The van der Waals surface area contributed by atoms with Gasteiger partial charge in [0, 0.05) is 4.88 Å². The molecule has 6 heteroatoms. The van der Waals surface area contributed by atoms with Crippen LogP contribution in [-0.2, 0) is 20.7 Å². The van der Waals surface area contributed by atoms with Gasteiger partial charge >= 0.3 is 5.97 Å². The summed E-state index contributed by atoms with van der Waals surface area (Å²) in [4.78, 5) is 24.3. The van der Waals surface area contributed by atoms with E-state index in [-0.39, 0.29) is 13.0 Å². The Morgan fingerprint density at radius 2 is 2.00 bits per heavy atom. The number of benzene rings is 1. The summed E-state index contributed by atoms with van der Waals surface area (Å²) in [6.07, 6.45) is 0.891. The molecule has 1 heterocycles. The predicted molar refractivity (Wildman–Crippen MR) is 83.7 cm³/mol. The third kappa shape index (κ3) is 5.21. The van der Waals surface area contributed by atoms with Gasteiger partial charge in [-0.25, -0.2) is 0 Å². The minimum Gasteiger partial charge on any atom is -0.456 e. The second kappa shape index (κ2) is 7.81. The normalized spacial score (nSPS) is 10.1. The number of amides is 1. The van der Waals surface area contributed by atoms with Gasteiger partial charge in [-0.1, -0.05) is 29.8 Å². The fraction of sp³-hybridized carbons (Fsp3) is 0.200. The smallest absolute Gasteiger partial charge is 0.306 e. The fourth-order valence-corrected chi connectivity index (χ4v) is 2.54. The number of halogens is 1. The molecule has 0 atom stereocenters. The van der Waals surface area contributed by atoms with E-state index in [4.69, 9.17) is 16.3 Å². The topological polar surface area (TPSA) is 55.4 Å². The third-order valence-corrected chi connectivity index (χ3v) is 3.93. The van der Waals surface area contributed by atoms with Gasteiger partial charge in [-0.15, -0.1) is 11.3 Å². The molecule has 0 spiro atoms. The first-order valence-corrected chi connectivity index (χ1v) is 7.63. The van der Waals surface area contributed by atoms with Gasteiger partial charge in [0.15, 0.2) is 6.61 Å². The SMILES string of the molecule is O=C(COC(=O)CCc1cccs1)Nc1ccccc1Cl. The second-order valence-corrected chi connectivity index (χ2v) is 5.71. The van der Waals surface area contributed by atoms with Crippen molar-refractivity contribution in [1.82, 2.24) is 0 Å². The molecule has 0 saturated carbocycles. The number of rotatable bonds is 6. The molecule has 2 aromatic rings. The average Bonchev–Trinajstić information content (AvgIpc) is 2.99. The van der Waals surface area contributed by atoms with E-state index in [1.165, 1.54) is 0 Å². The largest absolute Gasteiger partial charge is 0.456 e. The third-order valence-electron chi connectivity index (χ3n) is 2.67. The number of thiophene rings is 1. The predicted octanol–water partition coefficient (Wildman–Crippen LogP) is 3.52. The van der Waals surface area contributed by atoms with Gasteiger partial charge in [0.1, 0.15) is 0 Å². The number of anilines is 1. The van der Waals surface area contributed by atoms with Gasteiger partial charge in [-0.3, -0.25) is 9.59 Å². The summed E-state index contributed by atoms with van der Waals surface area (Å²) in [7, 11) is 0. The van der Waals surface area contributed by atoms with E-state index in [2.05, 4.69) is 5.32 Å². The lowest BCUT2D eigenvalue weighted by Gasteiger charge is -2.07. The van der Waals surface area contributed by atoms with Crippen molar-refractivity contribution in [3.8, 4) is 0 Å². The van der Waals surface area contributed by atoms with Crippen LogP contribution in [0.5, 0.6) is 0 Å². The van der Waals surface area contributed by atoms with E-state index in [0.29, 0.717) is 17.1 Å².